The molecule has 146 valence electrons. The number of benzene rings is 1. The molecule has 2 heterocycles. The Morgan fingerprint density at radius 3 is 2.71 bits per heavy atom. The molecule has 0 spiro atoms. The molecule has 0 saturated heterocycles. The van der Waals surface area contributed by atoms with Crippen LogP contribution in [0, 0.1) is 19.7 Å². The van der Waals surface area contributed by atoms with Crippen molar-refractivity contribution in [3.8, 4) is 0 Å². The van der Waals surface area contributed by atoms with E-state index in [0.29, 0.717) is 39.3 Å². The van der Waals surface area contributed by atoms with Crippen LogP contribution in [0.3, 0.4) is 0 Å². The molecule has 2 amide bonds. The van der Waals surface area contributed by atoms with Crippen molar-refractivity contribution in [2.75, 3.05) is 5.32 Å². The summed E-state index contributed by atoms with van der Waals surface area (Å²) < 4.78 is 13.6. The number of carboxylic acid groups (broad SMARTS) is 1. The van der Waals surface area contributed by atoms with Crippen LogP contribution < -0.4 is 10.6 Å². The zero-order valence-electron chi connectivity index (χ0n) is 15.6. The van der Waals surface area contributed by atoms with Crippen molar-refractivity contribution in [3.63, 3.8) is 0 Å². The molecule has 0 bridgehead atoms. The summed E-state index contributed by atoms with van der Waals surface area (Å²) in [6.07, 6.45) is 1.40. The van der Waals surface area contributed by atoms with Gasteiger partial charge in [-0.05, 0) is 50.6 Å². The van der Waals surface area contributed by atoms with Gasteiger partial charge in [0.2, 0.25) is 0 Å². The fourth-order valence-corrected chi connectivity index (χ4v) is 3.32. The molecule has 0 saturated carbocycles. The zero-order valence-corrected chi connectivity index (χ0v) is 15.6. The average Bonchev–Trinajstić information content (AvgIpc) is 3.03. The van der Waals surface area contributed by atoms with Crippen LogP contribution in [0.15, 0.2) is 18.2 Å². The molecule has 0 radical (unpaired) electrons. The minimum atomic E-state index is -1.00. The van der Waals surface area contributed by atoms with Crippen molar-refractivity contribution in [1.29, 1.82) is 0 Å². The van der Waals surface area contributed by atoms with Gasteiger partial charge in [0.15, 0.2) is 0 Å². The summed E-state index contributed by atoms with van der Waals surface area (Å²) in [6.45, 7) is 5.06. The Bertz CT molecular complexity index is 1020. The number of rotatable bonds is 5. The molecular weight excluding hydrogens is 365 g/mol. The smallest absolute Gasteiger partial charge is 0.305 e. The van der Waals surface area contributed by atoms with E-state index >= 15 is 0 Å². The van der Waals surface area contributed by atoms with Crippen LogP contribution in [0.4, 0.5) is 10.1 Å². The molecule has 1 unspecified atom stereocenters. The van der Waals surface area contributed by atoms with Crippen LogP contribution in [-0.4, -0.2) is 33.9 Å². The number of carbonyl (C=O) groups is 3. The van der Waals surface area contributed by atoms with Crippen LogP contribution in [0.2, 0.25) is 0 Å². The molecule has 1 aliphatic rings. The van der Waals surface area contributed by atoms with Gasteiger partial charge in [-0.2, -0.15) is 0 Å². The summed E-state index contributed by atoms with van der Waals surface area (Å²) in [6, 6.07) is 3.52. The van der Waals surface area contributed by atoms with E-state index in [0.717, 1.165) is 0 Å². The highest BCUT2D eigenvalue weighted by molar-refractivity contribution is 6.34. The van der Waals surface area contributed by atoms with Crippen molar-refractivity contribution in [2.24, 2.45) is 0 Å². The third-order valence-corrected chi connectivity index (χ3v) is 4.61. The van der Waals surface area contributed by atoms with Crippen molar-refractivity contribution in [2.45, 2.75) is 33.2 Å². The fraction of sp³-hybridized carbons (Fsp3) is 0.250. The molecule has 28 heavy (non-hydrogen) atoms. The fourth-order valence-electron chi connectivity index (χ4n) is 3.32. The lowest BCUT2D eigenvalue weighted by molar-refractivity contribution is -0.137. The van der Waals surface area contributed by atoms with Gasteiger partial charge in [0.05, 0.1) is 17.6 Å². The van der Waals surface area contributed by atoms with Gasteiger partial charge >= 0.3 is 5.97 Å². The molecule has 7 nitrogen and oxygen atoms in total. The number of aromatic nitrogens is 1. The molecule has 3 rings (SSSR count). The number of fused-ring (bicyclic) bond motifs is 1. The van der Waals surface area contributed by atoms with Gasteiger partial charge in [-0.1, -0.05) is 0 Å². The first-order valence-electron chi connectivity index (χ1n) is 8.72. The van der Waals surface area contributed by atoms with Gasteiger partial charge < -0.3 is 20.7 Å². The summed E-state index contributed by atoms with van der Waals surface area (Å²) in [5, 5.41) is 14.2. The number of carboxylic acids is 1. The highest BCUT2D eigenvalue weighted by Gasteiger charge is 2.26. The Labute approximate surface area is 160 Å². The molecule has 1 atom stereocenters. The average molecular weight is 385 g/mol. The van der Waals surface area contributed by atoms with E-state index in [9.17, 15) is 18.8 Å². The van der Waals surface area contributed by atoms with E-state index in [1.807, 2.05) is 0 Å². The molecule has 0 fully saturated rings. The standard InChI is InChI=1S/C20H20FN3O4/c1-9(6-17(25)26)22-20(28)18-10(2)16(23-11(18)3)8-14-13-7-12(21)4-5-15(13)24-19(14)27/h4-5,7-9,23H,6H2,1-3H3,(H,22,28)(H,24,27)(H,25,26). The number of carbonyl (C=O) groups excluding carboxylic acids is 2. The van der Waals surface area contributed by atoms with Crippen LogP contribution in [0.1, 0.15) is 46.2 Å². The summed E-state index contributed by atoms with van der Waals surface area (Å²) in [5.41, 5.74) is 3.42. The van der Waals surface area contributed by atoms with Crippen molar-refractivity contribution in [1.82, 2.24) is 10.3 Å². The van der Waals surface area contributed by atoms with Gasteiger partial charge in [-0.25, -0.2) is 4.39 Å². The van der Waals surface area contributed by atoms with Crippen molar-refractivity contribution in [3.05, 3.63) is 52.1 Å². The van der Waals surface area contributed by atoms with Crippen LogP contribution in [0.25, 0.3) is 11.6 Å². The predicted octanol–water partition coefficient (Wildman–Crippen LogP) is 2.86. The number of amides is 2. The summed E-state index contributed by atoms with van der Waals surface area (Å²) in [5.74, 6) is -2.20. The van der Waals surface area contributed by atoms with E-state index < -0.39 is 23.7 Å². The third kappa shape index (κ3) is 3.66. The Kier molecular flexibility index (Phi) is 5.04. The molecule has 1 aromatic heterocycles. The number of aryl methyl sites for hydroxylation is 1. The first-order chi connectivity index (χ1) is 13.2. The van der Waals surface area contributed by atoms with Crippen LogP contribution in [0.5, 0.6) is 0 Å². The number of hydrogen-bond donors (Lipinski definition) is 4. The SMILES string of the molecule is Cc1[nH]c(C=C2C(=O)Nc3ccc(F)cc32)c(C)c1C(=O)NC(C)CC(=O)O. The van der Waals surface area contributed by atoms with Gasteiger partial charge in [0, 0.05) is 28.7 Å². The first-order valence-corrected chi connectivity index (χ1v) is 8.72. The lowest BCUT2D eigenvalue weighted by Crippen LogP contribution is -2.34. The second-order valence-electron chi connectivity index (χ2n) is 6.84. The van der Waals surface area contributed by atoms with E-state index in [1.54, 1.807) is 26.8 Å². The number of hydrogen-bond acceptors (Lipinski definition) is 3. The minimum Gasteiger partial charge on any atom is -0.481 e. The second-order valence-corrected chi connectivity index (χ2v) is 6.84. The largest absolute Gasteiger partial charge is 0.481 e. The van der Waals surface area contributed by atoms with E-state index in [2.05, 4.69) is 15.6 Å². The molecule has 1 aromatic carbocycles. The second kappa shape index (κ2) is 7.30. The summed E-state index contributed by atoms with van der Waals surface area (Å²) in [7, 11) is 0. The highest BCUT2D eigenvalue weighted by Crippen LogP contribution is 2.34. The number of H-pyrrole nitrogens is 1. The maximum atomic E-state index is 13.6. The van der Waals surface area contributed by atoms with Gasteiger partial charge in [0.1, 0.15) is 5.82 Å². The quantitative estimate of drug-likeness (QED) is 0.593. The monoisotopic (exact) mass is 385 g/mol. The summed E-state index contributed by atoms with van der Waals surface area (Å²) >= 11 is 0. The Hall–Kier alpha value is -3.42. The molecular formula is C20H20FN3O4. The number of aliphatic carboxylic acids is 1. The highest BCUT2D eigenvalue weighted by atomic mass is 19.1. The minimum absolute atomic E-state index is 0.187. The van der Waals surface area contributed by atoms with Crippen molar-refractivity contribution < 1.29 is 23.9 Å². The Balaban J connectivity index is 1.94. The van der Waals surface area contributed by atoms with Crippen LogP contribution >= 0.6 is 0 Å². The molecule has 4 N–H and O–H groups in total. The first kappa shape index (κ1) is 19.3. The normalized spacial score (nSPS) is 15.3. The maximum Gasteiger partial charge on any atom is 0.305 e. The maximum absolute atomic E-state index is 13.6. The van der Waals surface area contributed by atoms with E-state index in [-0.39, 0.29) is 12.3 Å². The molecule has 1 aliphatic heterocycles. The molecule has 2 aromatic rings. The van der Waals surface area contributed by atoms with E-state index in [4.69, 9.17) is 5.11 Å². The van der Waals surface area contributed by atoms with Gasteiger partial charge in [-0.3, -0.25) is 14.4 Å². The predicted molar refractivity (Wildman–Crippen MR) is 102 cm³/mol. The Morgan fingerprint density at radius 1 is 1.32 bits per heavy atom. The van der Waals surface area contributed by atoms with E-state index in [1.165, 1.54) is 18.2 Å². The number of aromatic amines is 1. The Morgan fingerprint density at radius 2 is 2.04 bits per heavy atom. The lowest BCUT2D eigenvalue weighted by atomic mass is 10.0. The van der Waals surface area contributed by atoms with Gasteiger partial charge in [-0.15, -0.1) is 0 Å². The molecule has 0 aliphatic carbocycles. The number of nitrogens with one attached hydrogen (secondary N) is 3. The topological polar surface area (TPSA) is 111 Å². The van der Waals surface area contributed by atoms with Gasteiger partial charge in [0.25, 0.3) is 11.8 Å². The third-order valence-electron chi connectivity index (χ3n) is 4.61. The lowest BCUT2D eigenvalue weighted by Gasteiger charge is -2.12. The number of halogens is 1. The van der Waals surface area contributed by atoms with Crippen molar-refractivity contribution >= 4 is 35.1 Å². The zero-order chi connectivity index (χ0) is 20.6. The number of anilines is 1. The molecule has 8 heteroatoms. The van der Waals surface area contributed by atoms with Crippen LogP contribution in [-0.2, 0) is 9.59 Å². The summed E-state index contributed by atoms with van der Waals surface area (Å²) in [4.78, 5) is 38.7.